The lowest BCUT2D eigenvalue weighted by Crippen LogP contribution is -2.36. The fourth-order valence-electron chi connectivity index (χ4n) is 3.41. The van der Waals surface area contributed by atoms with Crippen LogP contribution in [0.4, 0.5) is 5.69 Å². The molecule has 0 unspecified atom stereocenters. The van der Waals surface area contributed by atoms with Gasteiger partial charge in [0.05, 0.1) is 26.4 Å². The molecule has 1 heterocycles. The second-order valence-electron chi connectivity index (χ2n) is 6.88. The van der Waals surface area contributed by atoms with Crippen LogP contribution < -0.4 is 14.8 Å². The first kappa shape index (κ1) is 21.1. The van der Waals surface area contributed by atoms with Crippen molar-refractivity contribution >= 4 is 21.6 Å². The van der Waals surface area contributed by atoms with E-state index in [2.05, 4.69) is 5.32 Å². The van der Waals surface area contributed by atoms with Crippen molar-refractivity contribution in [1.82, 2.24) is 4.31 Å². The second-order valence-corrected chi connectivity index (χ2v) is 9.14. The molecule has 1 aliphatic rings. The molecule has 29 heavy (non-hydrogen) atoms. The van der Waals surface area contributed by atoms with Crippen LogP contribution in [0.3, 0.4) is 0 Å². The number of hydrogen-bond donors (Lipinski definition) is 1. The highest BCUT2D eigenvalue weighted by Gasteiger charge is 2.25. The molecule has 2 aromatic carbocycles. The molecule has 3 rings (SSSR count). The molecule has 0 spiro atoms. The minimum atomic E-state index is -3.23. The Morgan fingerprint density at radius 2 is 1.83 bits per heavy atom. The van der Waals surface area contributed by atoms with Crippen molar-refractivity contribution in [3.63, 3.8) is 0 Å². The molecule has 0 aliphatic carbocycles. The van der Waals surface area contributed by atoms with E-state index in [4.69, 9.17) is 9.47 Å². The summed E-state index contributed by atoms with van der Waals surface area (Å²) < 4.78 is 36.3. The Kier molecular flexibility index (Phi) is 6.44. The van der Waals surface area contributed by atoms with Gasteiger partial charge in [0.25, 0.3) is 0 Å². The molecule has 0 bridgehead atoms. The van der Waals surface area contributed by atoms with E-state index in [0.29, 0.717) is 36.7 Å². The lowest BCUT2D eigenvalue weighted by Gasteiger charge is -2.28. The Labute approximate surface area is 171 Å². The minimum Gasteiger partial charge on any atom is -0.493 e. The van der Waals surface area contributed by atoms with E-state index in [0.717, 1.165) is 16.7 Å². The number of methoxy groups -OCH3 is 2. The fourth-order valence-corrected chi connectivity index (χ4v) is 4.48. The van der Waals surface area contributed by atoms with E-state index < -0.39 is 10.0 Å². The lowest BCUT2D eigenvalue weighted by atomic mass is 10.0. The number of hydrogen-bond acceptors (Lipinski definition) is 5. The summed E-state index contributed by atoms with van der Waals surface area (Å²) in [5.74, 6) is 1.11. The highest BCUT2D eigenvalue weighted by Crippen LogP contribution is 2.28. The Balaban J connectivity index is 1.70. The normalized spacial score (nSPS) is 14.2. The van der Waals surface area contributed by atoms with Crippen molar-refractivity contribution in [2.24, 2.45) is 0 Å². The predicted octanol–water partition coefficient (Wildman–Crippen LogP) is 2.59. The molecule has 0 saturated carbocycles. The molecule has 0 aromatic heterocycles. The fraction of sp³-hybridized carbons (Fsp3) is 0.381. The van der Waals surface area contributed by atoms with E-state index >= 15 is 0 Å². The first-order valence-electron chi connectivity index (χ1n) is 9.46. The van der Waals surface area contributed by atoms with Crippen molar-refractivity contribution in [3.8, 4) is 11.5 Å². The number of rotatable bonds is 7. The van der Waals surface area contributed by atoms with Gasteiger partial charge in [-0.1, -0.05) is 12.1 Å². The maximum Gasteiger partial charge on any atom is 0.228 e. The van der Waals surface area contributed by atoms with Crippen LogP contribution in [-0.2, 0) is 34.2 Å². The molecule has 1 amide bonds. The summed E-state index contributed by atoms with van der Waals surface area (Å²) in [5.41, 5.74) is 3.51. The molecule has 2 aromatic rings. The highest BCUT2D eigenvalue weighted by molar-refractivity contribution is 7.89. The van der Waals surface area contributed by atoms with Crippen LogP contribution in [-0.4, -0.2) is 45.1 Å². The number of amides is 1. The number of sulfonamides is 1. The van der Waals surface area contributed by atoms with Crippen LogP contribution in [0.15, 0.2) is 36.4 Å². The van der Waals surface area contributed by atoms with Crippen molar-refractivity contribution in [2.45, 2.75) is 26.3 Å². The van der Waals surface area contributed by atoms with Gasteiger partial charge in [0.1, 0.15) is 0 Å². The summed E-state index contributed by atoms with van der Waals surface area (Å²) in [7, 11) is -0.114. The number of carbonyl (C=O) groups excluding carboxylic acids is 1. The third-order valence-corrected chi connectivity index (χ3v) is 6.87. The van der Waals surface area contributed by atoms with Gasteiger partial charge in [0, 0.05) is 18.8 Å². The second kappa shape index (κ2) is 8.84. The first-order valence-corrected chi connectivity index (χ1v) is 11.1. The van der Waals surface area contributed by atoms with Crippen LogP contribution in [0.2, 0.25) is 0 Å². The standard InChI is InChI=1S/C21H26N2O5S/c1-4-29(25,26)23-10-9-16-6-7-18(13-17(16)14-23)22-21(24)12-15-5-8-19(27-2)20(11-15)28-3/h5-8,11,13H,4,9-10,12,14H2,1-3H3,(H,22,24). The number of benzene rings is 2. The van der Waals surface area contributed by atoms with Crippen molar-refractivity contribution in [1.29, 1.82) is 0 Å². The smallest absolute Gasteiger partial charge is 0.228 e. The van der Waals surface area contributed by atoms with Gasteiger partial charge in [-0.05, 0) is 54.3 Å². The summed E-state index contributed by atoms with van der Waals surface area (Å²) in [5, 5.41) is 2.90. The average molecular weight is 419 g/mol. The van der Waals surface area contributed by atoms with Crippen LogP contribution in [0.25, 0.3) is 0 Å². The Hall–Kier alpha value is -2.58. The summed E-state index contributed by atoms with van der Waals surface area (Å²) >= 11 is 0. The number of anilines is 1. The van der Waals surface area contributed by atoms with E-state index in [1.165, 1.54) is 4.31 Å². The molecule has 1 aliphatic heterocycles. The van der Waals surface area contributed by atoms with Gasteiger partial charge in [0.15, 0.2) is 11.5 Å². The molecule has 7 nitrogen and oxygen atoms in total. The molecular weight excluding hydrogens is 392 g/mol. The van der Waals surface area contributed by atoms with E-state index in [1.54, 1.807) is 33.3 Å². The van der Waals surface area contributed by atoms with E-state index in [1.807, 2.05) is 24.3 Å². The number of ether oxygens (including phenoxy) is 2. The van der Waals surface area contributed by atoms with Gasteiger partial charge >= 0.3 is 0 Å². The lowest BCUT2D eigenvalue weighted by molar-refractivity contribution is -0.115. The van der Waals surface area contributed by atoms with Gasteiger partial charge in [-0.25, -0.2) is 8.42 Å². The number of fused-ring (bicyclic) bond motifs is 1. The van der Waals surface area contributed by atoms with Crippen molar-refractivity contribution < 1.29 is 22.7 Å². The summed E-state index contributed by atoms with van der Waals surface area (Å²) in [6.45, 7) is 2.48. The van der Waals surface area contributed by atoms with Crippen LogP contribution in [0, 0.1) is 0 Å². The Bertz CT molecular complexity index is 1000. The zero-order chi connectivity index (χ0) is 21.0. The van der Waals surface area contributed by atoms with E-state index in [-0.39, 0.29) is 18.1 Å². The topological polar surface area (TPSA) is 84.9 Å². The number of carbonyl (C=O) groups is 1. The maximum absolute atomic E-state index is 12.5. The summed E-state index contributed by atoms with van der Waals surface area (Å²) in [4.78, 5) is 12.5. The van der Waals surface area contributed by atoms with Gasteiger partial charge < -0.3 is 14.8 Å². The van der Waals surface area contributed by atoms with Gasteiger partial charge in [-0.15, -0.1) is 0 Å². The average Bonchev–Trinajstić information content (AvgIpc) is 2.72. The van der Waals surface area contributed by atoms with Gasteiger partial charge in [0.2, 0.25) is 15.9 Å². The van der Waals surface area contributed by atoms with Crippen molar-refractivity contribution in [3.05, 3.63) is 53.1 Å². The summed E-state index contributed by atoms with van der Waals surface area (Å²) in [6, 6.07) is 11.0. The van der Waals surface area contributed by atoms with Gasteiger partial charge in [-0.3, -0.25) is 4.79 Å². The van der Waals surface area contributed by atoms with Crippen LogP contribution >= 0.6 is 0 Å². The number of nitrogens with zero attached hydrogens (tertiary/aromatic N) is 1. The van der Waals surface area contributed by atoms with Crippen molar-refractivity contribution in [2.75, 3.05) is 31.8 Å². The molecular formula is C21H26N2O5S. The highest BCUT2D eigenvalue weighted by atomic mass is 32.2. The molecule has 0 saturated heterocycles. The molecule has 156 valence electrons. The zero-order valence-electron chi connectivity index (χ0n) is 16.9. The monoisotopic (exact) mass is 418 g/mol. The third-order valence-electron chi connectivity index (χ3n) is 5.04. The van der Waals surface area contributed by atoms with E-state index in [9.17, 15) is 13.2 Å². The SMILES string of the molecule is CCS(=O)(=O)N1CCc2ccc(NC(=O)Cc3ccc(OC)c(OC)c3)cc2C1. The summed E-state index contributed by atoms with van der Waals surface area (Å²) in [6.07, 6.45) is 0.863. The predicted molar refractivity (Wildman–Crippen MR) is 112 cm³/mol. The van der Waals surface area contributed by atoms with Gasteiger partial charge in [-0.2, -0.15) is 4.31 Å². The molecule has 8 heteroatoms. The largest absolute Gasteiger partial charge is 0.493 e. The number of nitrogens with one attached hydrogen (secondary N) is 1. The third kappa shape index (κ3) is 4.89. The quantitative estimate of drug-likeness (QED) is 0.747. The Morgan fingerprint density at radius 3 is 2.52 bits per heavy atom. The Morgan fingerprint density at radius 1 is 1.07 bits per heavy atom. The zero-order valence-corrected chi connectivity index (χ0v) is 17.7. The van der Waals surface area contributed by atoms with Crippen LogP contribution in [0.5, 0.6) is 11.5 Å². The maximum atomic E-state index is 12.5. The van der Waals surface area contributed by atoms with Crippen LogP contribution in [0.1, 0.15) is 23.6 Å². The molecule has 0 fully saturated rings. The molecule has 1 N–H and O–H groups in total. The first-order chi connectivity index (χ1) is 13.9. The molecule has 0 radical (unpaired) electrons. The minimum absolute atomic E-state index is 0.0874. The molecule has 0 atom stereocenters.